The summed E-state index contributed by atoms with van der Waals surface area (Å²) in [7, 11) is -10.3. The molecule has 2 fully saturated rings. The van der Waals surface area contributed by atoms with E-state index in [-0.39, 0.29) is 32.8 Å². The number of carbonyl (C=O) groups is 1. The van der Waals surface area contributed by atoms with Gasteiger partial charge in [-0.05, 0) is 5.56 Å². The lowest BCUT2D eigenvalue weighted by atomic mass is 10.1. The molecule has 6 nitrogen and oxygen atoms in total. The number of ether oxygens (including phenoxy) is 1. The fourth-order valence-corrected chi connectivity index (χ4v) is 4.58. The second-order valence-corrected chi connectivity index (χ2v) is 9.19. The van der Waals surface area contributed by atoms with E-state index in [1.165, 1.54) is 6.07 Å². The van der Waals surface area contributed by atoms with Crippen molar-refractivity contribution in [1.82, 2.24) is 9.96 Å². The van der Waals surface area contributed by atoms with Gasteiger partial charge in [-0.25, -0.2) is 0 Å². The number of carbonyl (C=O) groups excluding carboxylic acids is 1. The van der Waals surface area contributed by atoms with Crippen LogP contribution in [0.2, 0.25) is 0 Å². The van der Waals surface area contributed by atoms with Crippen LogP contribution in [0, 0.1) is 11.3 Å². The number of nitriles is 1. The maximum Gasteiger partial charge on any atom is 0.293 e. The van der Waals surface area contributed by atoms with Gasteiger partial charge < -0.3 is 9.64 Å². The van der Waals surface area contributed by atoms with E-state index >= 15 is 0 Å². The molecule has 1 aromatic rings. The Morgan fingerprint density at radius 3 is 2.29 bits per heavy atom. The van der Waals surface area contributed by atoms with Gasteiger partial charge in [0.15, 0.2) is 11.4 Å². The zero-order valence-corrected chi connectivity index (χ0v) is 15.3. The maximum absolute atomic E-state index is 13.8. The first-order valence-corrected chi connectivity index (χ1v) is 10.4. The SMILES string of the molecule is N#CC1[C@H](S(F)(F)(F)(F)F)[C@@H](C(=O)N2CCOCC2)ON1Cc1ccccc1. The van der Waals surface area contributed by atoms with Gasteiger partial charge in [-0.2, -0.15) is 10.3 Å². The Hall–Kier alpha value is -1.94. The van der Waals surface area contributed by atoms with Gasteiger partial charge in [-0.3, -0.25) is 9.63 Å². The first-order valence-electron chi connectivity index (χ1n) is 8.37. The lowest BCUT2D eigenvalue weighted by Gasteiger charge is -2.47. The largest absolute Gasteiger partial charge is 0.378 e. The lowest BCUT2D eigenvalue weighted by molar-refractivity contribution is -0.182. The topological polar surface area (TPSA) is 65.8 Å². The van der Waals surface area contributed by atoms with Gasteiger partial charge in [0.2, 0.25) is 0 Å². The molecule has 2 aliphatic heterocycles. The Balaban J connectivity index is 1.96. The highest BCUT2D eigenvalue weighted by Gasteiger charge is 2.78. The average molecular weight is 427 g/mol. The molecule has 0 N–H and O–H groups in total. The molecule has 28 heavy (non-hydrogen) atoms. The van der Waals surface area contributed by atoms with Crippen LogP contribution < -0.4 is 0 Å². The first kappa shape index (κ1) is 20.8. The van der Waals surface area contributed by atoms with E-state index in [0.717, 1.165) is 4.90 Å². The van der Waals surface area contributed by atoms with E-state index in [9.17, 15) is 29.5 Å². The number of hydroxylamine groups is 2. The summed E-state index contributed by atoms with van der Waals surface area (Å²) in [4.78, 5) is 18.6. The molecule has 0 spiro atoms. The molecule has 1 amide bonds. The second-order valence-electron chi connectivity index (χ2n) is 6.59. The minimum absolute atomic E-state index is 0.0400. The van der Waals surface area contributed by atoms with Gasteiger partial charge in [0.25, 0.3) is 16.1 Å². The molecule has 3 rings (SSSR count). The molecule has 2 heterocycles. The Bertz CT molecular complexity index is 781. The third kappa shape index (κ3) is 4.38. The van der Waals surface area contributed by atoms with Crippen molar-refractivity contribution < 1.29 is 33.8 Å². The summed E-state index contributed by atoms with van der Waals surface area (Å²) in [6.07, 6.45) is -2.52. The van der Waals surface area contributed by atoms with E-state index in [0.29, 0.717) is 10.6 Å². The molecule has 0 radical (unpaired) electrons. The molecule has 0 saturated carbocycles. The van der Waals surface area contributed by atoms with E-state index in [1.54, 1.807) is 30.3 Å². The smallest absolute Gasteiger partial charge is 0.293 e. The van der Waals surface area contributed by atoms with Gasteiger partial charge in [0.05, 0.1) is 25.8 Å². The van der Waals surface area contributed by atoms with Gasteiger partial charge in [0.1, 0.15) is 6.04 Å². The average Bonchev–Trinajstić information content (AvgIpc) is 3.01. The molecular weight excluding hydrogens is 409 g/mol. The third-order valence-corrected chi connectivity index (χ3v) is 6.10. The van der Waals surface area contributed by atoms with Crippen LogP contribution in [-0.2, 0) is 20.9 Å². The van der Waals surface area contributed by atoms with Crippen molar-refractivity contribution in [1.29, 1.82) is 5.26 Å². The molecule has 1 aromatic carbocycles. The van der Waals surface area contributed by atoms with Crippen molar-refractivity contribution in [3.8, 4) is 6.07 Å². The van der Waals surface area contributed by atoms with Crippen molar-refractivity contribution >= 4 is 16.1 Å². The van der Waals surface area contributed by atoms with Crippen LogP contribution >= 0.6 is 10.2 Å². The number of rotatable bonds is 4. The van der Waals surface area contributed by atoms with Crippen molar-refractivity contribution in [2.24, 2.45) is 0 Å². The van der Waals surface area contributed by atoms with E-state index in [4.69, 9.17) is 9.57 Å². The van der Waals surface area contributed by atoms with Gasteiger partial charge in [0, 0.05) is 13.1 Å². The first-order chi connectivity index (χ1) is 12.9. The quantitative estimate of drug-likeness (QED) is 0.691. The van der Waals surface area contributed by atoms with Gasteiger partial charge in [-0.15, -0.1) is 0 Å². The van der Waals surface area contributed by atoms with Crippen LogP contribution in [0.5, 0.6) is 0 Å². The van der Waals surface area contributed by atoms with Crippen LogP contribution in [0.4, 0.5) is 19.4 Å². The van der Waals surface area contributed by atoms with Crippen molar-refractivity contribution in [3.63, 3.8) is 0 Å². The highest BCUT2D eigenvalue weighted by molar-refractivity contribution is 8.46. The maximum atomic E-state index is 13.8. The molecule has 2 saturated heterocycles. The standard InChI is InChI=1S/C16H18F5N3O3S/c17-28(18,19,20,21)15-13(10-22)24(11-12-4-2-1-3-5-12)27-14(15)16(25)23-6-8-26-9-7-23/h1-5,13-15H,6-9,11H2/t13?,14-,15-/m0/s1. The second kappa shape index (κ2) is 6.55. The number of nitrogens with zero attached hydrogens (tertiary/aromatic N) is 3. The third-order valence-electron chi connectivity index (χ3n) is 4.56. The van der Waals surface area contributed by atoms with Crippen LogP contribution in [0.25, 0.3) is 0 Å². The molecule has 0 bridgehead atoms. The van der Waals surface area contributed by atoms with E-state index < -0.39 is 33.5 Å². The Labute approximate surface area is 158 Å². The summed E-state index contributed by atoms with van der Waals surface area (Å²) >= 11 is 0. The summed E-state index contributed by atoms with van der Waals surface area (Å²) in [6, 6.07) is 6.87. The van der Waals surface area contributed by atoms with Gasteiger partial charge >= 0.3 is 0 Å². The highest BCUT2D eigenvalue weighted by atomic mass is 32.5. The van der Waals surface area contributed by atoms with Crippen LogP contribution in [0.1, 0.15) is 5.56 Å². The minimum Gasteiger partial charge on any atom is -0.378 e. The molecule has 3 atom stereocenters. The zero-order chi connectivity index (χ0) is 20.6. The van der Waals surface area contributed by atoms with Crippen molar-refractivity contribution in [2.45, 2.75) is 23.9 Å². The normalized spacial score (nSPS) is 29.0. The molecule has 2 aliphatic rings. The number of hydrogen-bond donors (Lipinski definition) is 0. The minimum atomic E-state index is -10.3. The summed E-state index contributed by atoms with van der Waals surface area (Å²) in [5, 5.41) is 6.26. The molecule has 156 valence electrons. The van der Waals surface area contributed by atoms with Crippen molar-refractivity contribution in [2.75, 3.05) is 26.3 Å². The Kier molecular flexibility index (Phi) is 4.86. The van der Waals surface area contributed by atoms with Crippen LogP contribution in [0.3, 0.4) is 0 Å². The molecule has 1 unspecified atom stereocenters. The number of amides is 1. The van der Waals surface area contributed by atoms with Gasteiger partial charge in [-0.1, -0.05) is 49.8 Å². The molecule has 0 aromatic heterocycles. The zero-order valence-electron chi connectivity index (χ0n) is 14.5. The number of halogens is 5. The fraction of sp³-hybridized carbons (Fsp3) is 0.500. The number of hydrogen-bond acceptors (Lipinski definition) is 5. The predicted molar refractivity (Wildman–Crippen MR) is 90.6 cm³/mol. The van der Waals surface area contributed by atoms with Crippen molar-refractivity contribution in [3.05, 3.63) is 35.9 Å². The number of morpholine rings is 1. The molecule has 12 heteroatoms. The van der Waals surface area contributed by atoms with E-state index in [1.807, 2.05) is 0 Å². The number of benzene rings is 1. The van der Waals surface area contributed by atoms with E-state index in [2.05, 4.69) is 0 Å². The lowest BCUT2D eigenvalue weighted by Crippen LogP contribution is -2.52. The molecule has 0 aliphatic carbocycles. The highest BCUT2D eigenvalue weighted by Crippen LogP contribution is 3.01. The summed E-state index contributed by atoms with van der Waals surface area (Å²) in [5.74, 6) is -1.22. The summed E-state index contributed by atoms with van der Waals surface area (Å²) in [5.41, 5.74) is 0.447. The summed E-state index contributed by atoms with van der Waals surface area (Å²) < 4.78 is 74.0. The summed E-state index contributed by atoms with van der Waals surface area (Å²) in [6.45, 7) is -0.274. The van der Waals surface area contributed by atoms with Crippen LogP contribution in [-0.4, -0.2) is 59.6 Å². The predicted octanol–water partition coefficient (Wildman–Crippen LogP) is 3.22. The Morgan fingerprint density at radius 2 is 1.75 bits per heavy atom. The monoisotopic (exact) mass is 427 g/mol. The van der Waals surface area contributed by atoms with Crippen LogP contribution in [0.15, 0.2) is 30.3 Å². The molecular formula is C16H18F5N3O3S. The fourth-order valence-electron chi connectivity index (χ4n) is 3.26. The Morgan fingerprint density at radius 1 is 1.14 bits per heavy atom.